The molecule has 0 bridgehead atoms. The molecule has 0 radical (unpaired) electrons. The highest BCUT2D eigenvalue weighted by Crippen LogP contribution is 2.28. The summed E-state index contributed by atoms with van der Waals surface area (Å²) in [5, 5.41) is 11.2. The van der Waals surface area contributed by atoms with Crippen LogP contribution < -0.4 is 10.8 Å². The number of carbonyl (C=O) groups excluding carboxylic acids is 1. The molecule has 94 valence electrons. The number of rotatable bonds is 5. The van der Waals surface area contributed by atoms with Crippen LogP contribution in [0.25, 0.3) is 0 Å². The second kappa shape index (κ2) is 6.76. The molecule has 1 rings (SSSR count). The first-order valence-corrected chi connectivity index (χ1v) is 5.55. The maximum atomic E-state index is 11.9. The van der Waals surface area contributed by atoms with Gasteiger partial charge in [0.05, 0.1) is 15.6 Å². The molecule has 0 saturated carbocycles. The van der Waals surface area contributed by atoms with Crippen molar-refractivity contribution in [3.05, 3.63) is 33.3 Å². The molecule has 0 aliphatic carbocycles. The summed E-state index contributed by atoms with van der Waals surface area (Å²) >= 11 is 11.8. The second-order valence-electron chi connectivity index (χ2n) is 3.18. The highest BCUT2D eigenvalue weighted by molar-refractivity contribution is 6.40. The molecule has 0 unspecified atom stereocenters. The third-order valence-corrected chi connectivity index (χ3v) is 2.79. The van der Waals surface area contributed by atoms with Crippen molar-refractivity contribution in [3.63, 3.8) is 0 Å². The average Bonchev–Trinajstić information content (AvgIpc) is 2.30. The van der Waals surface area contributed by atoms with E-state index < -0.39 is 12.6 Å². The quantitative estimate of drug-likeness (QED) is 0.725. The van der Waals surface area contributed by atoms with Crippen molar-refractivity contribution in [1.29, 1.82) is 0 Å². The number of carbonyl (C=O) groups is 1. The van der Waals surface area contributed by atoms with Gasteiger partial charge < -0.3 is 10.5 Å². The predicted molar refractivity (Wildman–Crippen MR) is 63.4 cm³/mol. The van der Waals surface area contributed by atoms with Gasteiger partial charge in [0.1, 0.15) is 6.67 Å². The van der Waals surface area contributed by atoms with Crippen molar-refractivity contribution in [2.75, 3.05) is 13.2 Å². The van der Waals surface area contributed by atoms with E-state index in [1.807, 2.05) is 5.48 Å². The van der Waals surface area contributed by atoms with Gasteiger partial charge >= 0.3 is 0 Å². The fourth-order valence-electron chi connectivity index (χ4n) is 1.27. The number of hydroxylamine groups is 1. The van der Waals surface area contributed by atoms with E-state index in [-0.39, 0.29) is 28.7 Å². The molecule has 0 spiro atoms. The number of benzene rings is 1. The van der Waals surface area contributed by atoms with E-state index in [0.29, 0.717) is 5.56 Å². The summed E-state index contributed by atoms with van der Waals surface area (Å²) in [6, 6.07) is 3.07. The molecule has 0 atom stereocenters. The predicted octanol–water partition coefficient (Wildman–Crippen LogP) is 2.17. The van der Waals surface area contributed by atoms with Crippen LogP contribution in [0.4, 0.5) is 4.39 Å². The van der Waals surface area contributed by atoms with Crippen LogP contribution in [0.15, 0.2) is 12.1 Å². The van der Waals surface area contributed by atoms with Gasteiger partial charge in [-0.3, -0.25) is 4.79 Å². The summed E-state index contributed by atoms with van der Waals surface area (Å²) in [5.74, 6) is -0.544. The minimum absolute atomic E-state index is 0.0783. The summed E-state index contributed by atoms with van der Waals surface area (Å²) < 4.78 is 11.9. The minimum atomic E-state index is -0.668. The Bertz CT molecular complexity index is 416. The van der Waals surface area contributed by atoms with Crippen LogP contribution >= 0.6 is 23.2 Å². The average molecular weight is 281 g/mol. The van der Waals surface area contributed by atoms with Gasteiger partial charge in [-0.1, -0.05) is 29.3 Å². The van der Waals surface area contributed by atoms with E-state index in [9.17, 15) is 9.18 Å². The molecule has 7 heteroatoms. The zero-order valence-corrected chi connectivity index (χ0v) is 10.3. The third-order valence-electron chi connectivity index (χ3n) is 2.05. The Kier molecular flexibility index (Phi) is 5.64. The van der Waals surface area contributed by atoms with Gasteiger partial charge in [-0.15, -0.1) is 0 Å². The number of amides is 1. The van der Waals surface area contributed by atoms with Crippen molar-refractivity contribution >= 4 is 29.1 Å². The maximum Gasteiger partial charge on any atom is 0.254 e. The first kappa shape index (κ1) is 14.2. The molecular weight excluding hydrogens is 270 g/mol. The molecule has 0 heterocycles. The van der Waals surface area contributed by atoms with Gasteiger partial charge in [0, 0.05) is 13.1 Å². The Morgan fingerprint density at radius 3 is 2.71 bits per heavy atom. The van der Waals surface area contributed by atoms with Crippen LogP contribution in [-0.2, 0) is 6.54 Å². The summed E-state index contributed by atoms with van der Waals surface area (Å²) in [6.07, 6.45) is 0. The van der Waals surface area contributed by atoms with E-state index in [1.54, 1.807) is 6.07 Å². The number of hydrogen-bond donors (Lipinski definition) is 3. The molecule has 1 aromatic carbocycles. The Morgan fingerprint density at radius 1 is 1.41 bits per heavy atom. The van der Waals surface area contributed by atoms with E-state index in [2.05, 4.69) is 5.32 Å². The molecule has 0 aliphatic rings. The zero-order chi connectivity index (χ0) is 12.8. The van der Waals surface area contributed by atoms with E-state index in [0.717, 1.165) is 0 Å². The standard InChI is InChI=1S/C10H11Cl2FN2O2/c11-7-2-1-6(5-15-17)9(12)8(7)10(16)14-4-3-13/h1-2,15,17H,3-5H2,(H,14,16). The molecule has 3 N–H and O–H groups in total. The highest BCUT2D eigenvalue weighted by atomic mass is 35.5. The van der Waals surface area contributed by atoms with Gasteiger partial charge in [0.2, 0.25) is 0 Å². The zero-order valence-electron chi connectivity index (χ0n) is 8.77. The highest BCUT2D eigenvalue weighted by Gasteiger charge is 2.17. The second-order valence-corrected chi connectivity index (χ2v) is 3.96. The van der Waals surface area contributed by atoms with Crippen LogP contribution in [0.5, 0.6) is 0 Å². The van der Waals surface area contributed by atoms with E-state index in [1.165, 1.54) is 6.07 Å². The molecule has 0 aromatic heterocycles. The summed E-state index contributed by atoms with van der Waals surface area (Å²) in [6.45, 7) is -0.688. The van der Waals surface area contributed by atoms with Crippen molar-refractivity contribution < 1.29 is 14.4 Å². The minimum Gasteiger partial charge on any atom is -0.349 e. The lowest BCUT2D eigenvalue weighted by Crippen LogP contribution is -2.26. The fourth-order valence-corrected chi connectivity index (χ4v) is 1.88. The van der Waals surface area contributed by atoms with Gasteiger partial charge in [-0.05, 0) is 11.6 Å². The smallest absolute Gasteiger partial charge is 0.254 e. The molecule has 0 fully saturated rings. The monoisotopic (exact) mass is 280 g/mol. The van der Waals surface area contributed by atoms with Crippen LogP contribution in [0.2, 0.25) is 10.0 Å². The SMILES string of the molecule is O=C(NCCF)c1c(Cl)ccc(CNO)c1Cl. The van der Waals surface area contributed by atoms with Gasteiger partial charge in [-0.25, -0.2) is 9.87 Å². The van der Waals surface area contributed by atoms with E-state index in [4.69, 9.17) is 28.4 Å². The third kappa shape index (κ3) is 3.54. The lowest BCUT2D eigenvalue weighted by Gasteiger charge is -2.10. The largest absolute Gasteiger partial charge is 0.349 e. The van der Waals surface area contributed by atoms with Crippen LogP contribution in [0, 0.1) is 0 Å². The van der Waals surface area contributed by atoms with Crippen molar-refractivity contribution in [3.8, 4) is 0 Å². The number of halogens is 3. The van der Waals surface area contributed by atoms with Crippen molar-refractivity contribution in [2.24, 2.45) is 0 Å². The number of hydrogen-bond acceptors (Lipinski definition) is 3. The van der Waals surface area contributed by atoms with Crippen LogP contribution in [0.3, 0.4) is 0 Å². The summed E-state index contributed by atoms with van der Waals surface area (Å²) in [7, 11) is 0. The van der Waals surface area contributed by atoms with Gasteiger partial charge in [0.25, 0.3) is 5.91 Å². The molecule has 4 nitrogen and oxygen atoms in total. The Morgan fingerprint density at radius 2 is 2.12 bits per heavy atom. The van der Waals surface area contributed by atoms with Gasteiger partial charge in [0.15, 0.2) is 0 Å². The van der Waals surface area contributed by atoms with Gasteiger partial charge in [-0.2, -0.15) is 0 Å². The van der Waals surface area contributed by atoms with Crippen molar-refractivity contribution in [2.45, 2.75) is 6.54 Å². The number of alkyl halides is 1. The molecular formula is C10H11Cl2FN2O2. The maximum absolute atomic E-state index is 11.9. The summed E-state index contributed by atoms with van der Waals surface area (Å²) in [5.41, 5.74) is 2.53. The molecule has 1 amide bonds. The molecule has 1 aromatic rings. The lowest BCUT2D eigenvalue weighted by molar-refractivity contribution is 0.0950. The Labute approximate surface area is 108 Å². The van der Waals surface area contributed by atoms with E-state index >= 15 is 0 Å². The molecule has 0 saturated heterocycles. The molecule has 17 heavy (non-hydrogen) atoms. The fraction of sp³-hybridized carbons (Fsp3) is 0.300. The topological polar surface area (TPSA) is 61.4 Å². The first-order chi connectivity index (χ1) is 8.11. The first-order valence-electron chi connectivity index (χ1n) is 4.79. The van der Waals surface area contributed by atoms with Crippen LogP contribution in [0.1, 0.15) is 15.9 Å². The Balaban J connectivity index is 3.04. The lowest BCUT2D eigenvalue weighted by atomic mass is 10.1. The van der Waals surface area contributed by atoms with Crippen molar-refractivity contribution in [1.82, 2.24) is 10.8 Å². The van der Waals surface area contributed by atoms with Crippen LogP contribution in [-0.4, -0.2) is 24.3 Å². The summed E-state index contributed by atoms with van der Waals surface area (Å²) in [4.78, 5) is 11.7. The normalized spacial score (nSPS) is 10.4. The number of nitrogens with one attached hydrogen (secondary N) is 2. The Hall–Kier alpha value is -0.880. The molecule has 0 aliphatic heterocycles.